The van der Waals surface area contributed by atoms with Crippen LogP contribution in [0.1, 0.15) is 74.6 Å². The maximum Gasteiger partial charge on any atom is 0.256 e. The molecule has 7 nitrogen and oxygen atoms in total. The van der Waals surface area contributed by atoms with Gasteiger partial charge in [-0.3, -0.25) is 14.4 Å². The summed E-state index contributed by atoms with van der Waals surface area (Å²) < 4.78 is 0. The molecule has 0 radical (unpaired) electrons. The van der Waals surface area contributed by atoms with E-state index in [1.54, 1.807) is 36.4 Å². The van der Waals surface area contributed by atoms with E-state index in [9.17, 15) is 14.4 Å². The van der Waals surface area contributed by atoms with Crippen LogP contribution >= 0.6 is 11.6 Å². The predicted molar refractivity (Wildman–Crippen MR) is 146 cm³/mol. The van der Waals surface area contributed by atoms with Crippen molar-refractivity contribution in [3.8, 4) is 0 Å². The smallest absolute Gasteiger partial charge is 0.256 e. The van der Waals surface area contributed by atoms with Gasteiger partial charge >= 0.3 is 0 Å². The van der Waals surface area contributed by atoms with Gasteiger partial charge in [-0.1, -0.05) is 23.7 Å². The number of H-pyrrole nitrogens is 1. The molecule has 2 aliphatic rings. The topological polar surface area (TPSA) is 94.3 Å². The molecule has 3 N–H and O–H groups in total. The third-order valence-corrected chi connectivity index (χ3v) is 7.41. The monoisotopic (exact) mass is 516 g/mol. The van der Waals surface area contributed by atoms with E-state index in [1.165, 1.54) is 0 Å². The molecule has 3 heterocycles. The summed E-state index contributed by atoms with van der Waals surface area (Å²) in [7, 11) is 0. The number of hydrogen-bond acceptors (Lipinski definition) is 3. The lowest BCUT2D eigenvalue weighted by atomic mass is 10.0. The molecule has 5 rings (SSSR count). The van der Waals surface area contributed by atoms with E-state index in [2.05, 4.69) is 15.6 Å². The first-order valence-corrected chi connectivity index (χ1v) is 12.8. The van der Waals surface area contributed by atoms with Gasteiger partial charge in [0.05, 0.1) is 17.2 Å². The molecule has 0 spiro atoms. The van der Waals surface area contributed by atoms with E-state index in [1.807, 2.05) is 37.8 Å². The number of nitrogens with one attached hydrogen (secondary N) is 3. The molecule has 2 aromatic carbocycles. The summed E-state index contributed by atoms with van der Waals surface area (Å²) >= 11 is 5.97. The SMILES string of the molecule is Cc1[nH]c(C=C2C(=O)Nc3ccc(C(=O)NC(C)c4ccc(Cl)cc4)cc32)c(C)c1C(=O)N1CCCC1. The Hall–Kier alpha value is -3.84. The molecule has 3 amide bonds. The summed E-state index contributed by atoms with van der Waals surface area (Å²) in [5, 5.41) is 6.51. The van der Waals surface area contributed by atoms with Crippen LogP contribution in [0.25, 0.3) is 11.6 Å². The lowest BCUT2D eigenvalue weighted by Crippen LogP contribution is -2.28. The van der Waals surface area contributed by atoms with Gasteiger partial charge < -0.3 is 20.5 Å². The Labute approximate surface area is 220 Å². The Morgan fingerprint density at radius 2 is 1.78 bits per heavy atom. The number of amides is 3. The summed E-state index contributed by atoms with van der Waals surface area (Å²) in [5.74, 6) is -0.464. The Morgan fingerprint density at radius 3 is 2.49 bits per heavy atom. The van der Waals surface area contributed by atoms with Crippen molar-refractivity contribution in [3.05, 3.63) is 86.7 Å². The molecule has 8 heteroatoms. The lowest BCUT2D eigenvalue weighted by Gasteiger charge is -2.15. The van der Waals surface area contributed by atoms with Crippen LogP contribution in [-0.4, -0.2) is 40.7 Å². The van der Waals surface area contributed by atoms with Crippen molar-refractivity contribution in [2.24, 2.45) is 0 Å². The molecule has 37 heavy (non-hydrogen) atoms. The Kier molecular flexibility index (Phi) is 6.65. The fourth-order valence-corrected chi connectivity index (χ4v) is 5.18. The van der Waals surface area contributed by atoms with Gasteiger partial charge in [-0.15, -0.1) is 0 Å². The summed E-state index contributed by atoms with van der Waals surface area (Å²) in [6, 6.07) is 12.3. The number of hydrogen-bond donors (Lipinski definition) is 3. The minimum atomic E-state index is -0.249. The first kappa shape index (κ1) is 24.8. The van der Waals surface area contributed by atoms with E-state index in [0.29, 0.717) is 38.7 Å². The van der Waals surface area contributed by atoms with Crippen LogP contribution in [0, 0.1) is 13.8 Å². The normalized spacial score (nSPS) is 16.6. The van der Waals surface area contributed by atoms with Crippen LogP contribution in [0.4, 0.5) is 5.69 Å². The zero-order valence-electron chi connectivity index (χ0n) is 21.1. The maximum atomic E-state index is 13.1. The summed E-state index contributed by atoms with van der Waals surface area (Å²) in [5.41, 5.74) is 6.10. The van der Waals surface area contributed by atoms with Gasteiger partial charge in [0.1, 0.15) is 0 Å². The van der Waals surface area contributed by atoms with Gasteiger partial charge in [0, 0.05) is 46.3 Å². The molecular weight excluding hydrogens is 488 g/mol. The highest BCUT2D eigenvalue weighted by atomic mass is 35.5. The van der Waals surface area contributed by atoms with Crippen LogP contribution in [-0.2, 0) is 4.79 Å². The lowest BCUT2D eigenvalue weighted by molar-refractivity contribution is -0.110. The zero-order chi connectivity index (χ0) is 26.3. The number of likely N-dealkylation sites (tertiary alicyclic amines) is 1. The van der Waals surface area contributed by atoms with Crippen molar-refractivity contribution in [1.82, 2.24) is 15.2 Å². The number of rotatable bonds is 5. The summed E-state index contributed by atoms with van der Waals surface area (Å²) in [6.45, 7) is 7.23. The minimum absolute atomic E-state index is 0.0263. The van der Waals surface area contributed by atoms with Gasteiger partial charge in [-0.2, -0.15) is 0 Å². The molecule has 2 aliphatic heterocycles. The maximum absolute atomic E-state index is 13.1. The standard InChI is InChI=1S/C29H29ClN4O3/c1-16-25(31-18(3)26(16)29(37)34-12-4-5-13-34)15-23-22-14-20(8-11-24(22)33-28(23)36)27(35)32-17(2)19-6-9-21(30)10-7-19/h6-11,14-15,17,31H,4-5,12-13H2,1-3H3,(H,32,35)(H,33,36). The highest BCUT2D eigenvalue weighted by Crippen LogP contribution is 2.35. The molecule has 1 aromatic heterocycles. The fraction of sp³-hybridized carbons (Fsp3) is 0.276. The van der Waals surface area contributed by atoms with E-state index < -0.39 is 0 Å². The number of carbonyl (C=O) groups excluding carboxylic acids is 3. The first-order valence-electron chi connectivity index (χ1n) is 12.4. The van der Waals surface area contributed by atoms with Crippen molar-refractivity contribution < 1.29 is 14.4 Å². The number of benzene rings is 2. The summed E-state index contributed by atoms with van der Waals surface area (Å²) in [4.78, 5) is 44.2. The van der Waals surface area contributed by atoms with Gasteiger partial charge in [0.25, 0.3) is 17.7 Å². The largest absolute Gasteiger partial charge is 0.358 e. The highest BCUT2D eigenvalue weighted by molar-refractivity contribution is 6.35. The third-order valence-electron chi connectivity index (χ3n) is 7.15. The van der Waals surface area contributed by atoms with E-state index in [-0.39, 0.29) is 23.8 Å². The quantitative estimate of drug-likeness (QED) is 0.390. The number of aromatic nitrogens is 1. The van der Waals surface area contributed by atoms with Gasteiger partial charge in [0.2, 0.25) is 0 Å². The van der Waals surface area contributed by atoms with Gasteiger partial charge in [0.15, 0.2) is 0 Å². The molecule has 1 saturated heterocycles. The molecule has 0 bridgehead atoms. The van der Waals surface area contributed by atoms with E-state index >= 15 is 0 Å². The number of aromatic amines is 1. The molecule has 0 saturated carbocycles. The average molecular weight is 517 g/mol. The molecule has 1 fully saturated rings. The second kappa shape index (κ2) is 9.90. The highest BCUT2D eigenvalue weighted by Gasteiger charge is 2.28. The van der Waals surface area contributed by atoms with Crippen LogP contribution in [0.2, 0.25) is 5.02 Å². The Balaban J connectivity index is 1.42. The molecule has 3 aromatic rings. The minimum Gasteiger partial charge on any atom is -0.358 e. The number of aryl methyl sites for hydroxylation is 1. The van der Waals surface area contributed by atoms with Crippen molar-refractivity contribution in [1.29, 1.82) is 0 Å². The van der Waals surface area contributed by atoms with Gasteiger partial charge in [-0.25, -0.2) is 0 Å². The van der Waals surface area contributed by atoms with Gasteiger partial charge in [-0.05, 0) is 81.1 Å². The Morgan fingerprint density at radius 1 is 1.08 bits per heavy atom. The second-order valence-corrected chi connectivity index (χ2v) is 10.1. The number of fused-ring (bicyclic) bond motifs is 1. The van der Waals surface area contributed by atoms with Crippen LogP contribution in [0.15, 0.2) is 42.5 Å². The van der Waals surface area contributed by atoms with Crippen LogP contribution in [0.3, 0.4) is 0 Å². The number of nitrogens with zero attached hydrogens (tertiary/aromatic N) is 1. The molecule has 1 unspecified atom stereocenters. The van der Waals surface area contributed by atoms with Crippen molar-refractivity contribution in [3.63, 3.8) is 0 Å². The van der Waals surface area contributed by atoms with Crippen LogP contribution < -0.4 is 10.6 Å². The number of halogens is 1. The molecule has 0 aliphatic carbocycles. The number of carbonyl (C=O) groups is 3. The molecule has 190 valence electrons. The molecule has 1 atom stereocenters. The van der Waals surface area contributed by atoms with E-state index in [4.69, 9.17) is 11.6 Å². The fourth-order valence-electron chi connectivity index (χ4n) is 5.05. The van der Waals surface area contributed by atoms with Crippen molar-refractivity contribution >= 4 is 46.7 Å². The van der Waals surface area contributed by atoms with Crippen LogP contribution in [0.5, 0.6) is 0 Å². The van der Waals surface area contributed by atoms with Crippen molar-refractivity contribution in [2.45, 2.75) is 39.7 Å². The first-order chi connectivity index (χ1) is 17.7. The van der Waals surface area contributed by atoms with Crippen molar-refractivity contribution in [2.75, 3.05) is 18.4 Å². The predicted octanol–water partition coefficient (Wildman–Crippen LogP) is 5.50. The zero-order valence-corrected chi connectivity index (χ0v) is 21.8. The third kappa shape index (κ3) is 4.79. The second-order valence-electron chi connectivity index (χ2n) is 9.68. The Bertz CT molecular complexity index is 1430. The molecular formula is C29H29ClN4O3. The average Bonchev–Trinajstić information content (AvgIpc) is 3.58. The van der Waals surface area contributed by atoms with E-state index in [0.717, 1.165) is 42.8 Å². The number of anilines is 1. The summed E-state index contributed by atoms with van der Waals surface area (Å²) in [6.07, 6.45) is 3.81.